The summed E-state index contributed by atoms with van der Waals surface area (Å²) < 4.78 is 8.88. The van der Waals surface area contributed by atoms with Crippen molar-refractivity contribution in [1.29, 1.82) is 0 Å². The van der Waals surface area contributed by atoms with Crippen molar-refractivity contribution in [3.63, 3.8) is 0 Å². The molecule has 0 aromatic rings. The Kier molecular flexibility index (Phi) is 23.6. The summed E-state index contributed by atoms with van der Waals surface area (Å²) in [4.78, 5) is 21.6. The van der Waals surface area contributed by atoms with E-state index >= 15 is 0 Å². The predicted octanol–water partition coefficient (Wildman–Crippen LogP) is -3.38. The van der Waals surface area contributed by atoms with E-state index in [-0.39, 0.29) is 50.1 Å². The van der Waals surface area contributed by atoms with Gasteiger partial charge in [0.2, 0.25) is 0 Å². The van der Waals surface area contributed by atoms with Crippen LogP contribution in [-0.4, -0.2) is 63.4 Å². The second kappa shape index (κ2) is 8.29. The minimum absolute atomic E-state index is 0. The molecule has 8 heavy (non-hydrogen) atoms. The Morgan fingerprint density at radius 1 is 1.12 bits per heavy atom. The Balaban J connectivity index is -0.0000000133. The second-order valence-electron chi connectivity index (χ2n) is 0.513. The zero-order chi connectivity index (χ0) is 4.50. The van der Waals surface area contributed by atoms with E-state index in [1.807, 2.05) is 0 Å². The quantitative estimate of drug-likeness (QED) is 0.262. The molecule has 7 N–H and O–H groups in total. The fraction of sp³-hybridized carbons (Fsp3) is 0. The topological polar surface area (TPSA) is 141 Å². The van der Waals surface area contributed by atoms with Gasteiger partial charge in [-0.05, 0) is 0 Å². The van der Waals surface area contributed by atoms with Crippen LogP contribution in [0, 0.1) is 0 Å². The molecule has 0 aliphatic heterocycles. The third kappa shape index (κ3) is 173. The van der Waals surface area contributed by atoms with Gasteiger partial charge in [0.25, 0.3) is 0 Å². The molecule has 0 aromatic heterocycles. The van der Waals surface area contributed by atoms with Gasteiger partial charge in [0.05, 0.1) is 0 Å². The van der Waals surface area contributed by atoms with Crippen molar-refractivity contribution in [1.82, 2.24) is 0 Å². The molecule has 0 heterocycles. The van der Waals surface area contributed by atoms with Crippen molar-refractivity contribution in [3.05, 3.63) is 0 Å². The van der Waals surface area contributed by atoms with E-state index in [2.05, 4.69) is 0 Å². The smallest absolute Gasteiger partial charge is 1.00 e. The maximum Gasteiger partial charge on any atom is 1.00 e. The monoisotopic (exact) mass is 177 g/mol. The van der Waals surface area contributed by atoms with Gasteiger partial charge < -0.3 is 25.6 Å². The van der Waals surface area contributed by atoms with Crippen molar-refractivity contribution < 1.29 is 31.6 Å². The van der Waals surface area contributed by atoms with Crippen LogP contribution < -0.4 is 0 Å². The van der Waals surface area contributed by atoms with Crippen molar-refractivity contribution in [2.75, 3.05) is 0 Å². The molecule has 0 aliphatic carbocycles. The Hall–Kier alpha value is 1.29. The average Bonchev–Trinajstić information content (AvgIpc) is 0.722. The van der Waals surface area contributed by atoms with Gasteiger partial charge in [-0.2, -0.15) is 0 Å². The molecule has 0 bridgehead atoms. The summed E-state index contributed by atoms with van der Waals surface area (Å²) in [5.74, 6) is 0. The molecule has 0 fully saturated rings. The van der Waals surface area contributed by atoms with E-state index < -0.39 is 7.82 Å². The Labute approximate surface area is 76.9 Å². The van der Waals surface area contributed by atoms with Crippen LogP contribution in [0.4, 0.5) is 0 Å². The SMILES string of the molecule is O.O.O=P(O)(O)O.[CaH2].[H+]. The normalized spacial score (nSPS) is 7.38. The first-order chi connectivity index (χ1) is 2.00. The van der Waals surface area contributed by atoms with E-state index in [0.717, 1.165) is 0 Å². The van der Waals surface area contributed by atoms with Gasteiger partial charge in [-0.3, -0.25) is 0 Å². The summed E-state index contributed by atoms with van der Waals surface area (Å²) in [6.45, 7) is 0. The van der Waals surface area contributed by atoms with E-state index in [1.165, 1.54) is 0 Å². The van der Waals surface area contributed by atoms with Gasteiger partial charge in [-0.15, -0.1) is 0 Å². The zero-order valence-electron chi connectivity index (χ0n) is 4.20. The largest absolute Gasteiger partial charge is 1.00 e. The molecule has 0 saturated carbocycles. The van der Waals surface area contributed by atoms with Crippen LogP contribution in [0.5, 0.6) is 0 Å². The standard InChI is InChI=1S/Ca.H3O4P.2H2O.2H/c;1-5(2,3)4;;;;/h;(H3,1,2,3,4);2*1H2;;/p+1. The molecule has 0 spiro atoms. The summed E-state index contributed by atoms with van der Waals surface area (Å²) in [7, 11) is -4.64. The fourth-order valence-corrected chi connectivity index (χ4v) is 0. The Morgan fingerprint density at radius 3 is 1.12 bits per heavy atom. The molecule has 0 unspecified atom stereocenters. The number of hydrogen-bond donors (Lipinski definition) is 3. The first-order valence-electron chi connectivity index (χ1n) is 0.783. The molecular weight excluding hydrogens is 167 g/mol. The Bertz CT molecular complexity index is 59.2. The number of hydrogen-bond acceptors (Lipinski definition) is 1. The summed E-state index contributed by atoms with van der Waals surface area (Å²) in [6, 6.07) is 0. The van der Waals surface area contributed by atoms with Crippen LogP contribution in [0.1, 0.15) is 1.43 Å². The molecule has 0 atom stereocenters. The Morgan fingerprint density at radius 2 is 1.12 bits per heavy atom. The second-order valence-corrected chi connectivity index (χ2v) is 1.54. The van der Waals surface area contributed by atoms with E-state index in [1.54, 1.807) is 0 Å². The van der Waals surface area contributed by atoms with Crippen molar-refractivity contribution >= 4 is 45.6 Å². The summed E-state index contributed by atoms with van der Waals surface area (Å²) in [5.41, 5.74) is 0. The maximum atomic E-state index is 8.88. The van der Waals surface area contributed by atoms with Gasteiger partial charge in [-0.25, -0.2) is 4.57 Å². The van der Waals surface area contributed by atoms with Crippen LogP contribution >= 0.6 is 7.82 Å². The summed E-state index contributed by atoms with van der Waals surface area (Å²) in [6.07, 6.45) is 0. The molecule has 0 saturated heterocycles. The van der Waals surface area contributed by atoms with Gasteiger partial charge in [-0.1, -0.05) is 0 Å². The number of rotatable bonds is 0. The van der Waals surface area contributed by atoms with Crippen molar-refractivity contribution in [2.45, 2.75) is 0 Å². The van der Waals surface area contributed by atoms with Gasteiger partial charge in [0, 0.05) is 0 Å². The molecule has 0 aliphatic rings. The molecule has 0 amide bonds. The van der Waals surface area contributed by atoms with Gasteiger partial charge >= 0.3 is 47.0 Å². The molecule has 6 nitrogen and oxygen atoms in total. The fourth-order valence-electron chi connectivity index (χ4n) is 0. The maximum absolute atomic E-state index is 8.88. The van der Waals surface area contributed by atoms with Crippen LogP contribution in [0.25, 0.3) is 0 Å². The molecule has 0 rings (SSSR count). The summed E-state index contributed by atoms with van der Waals surface area (Å²) in [5, 5.41) is 0. The van der Waals surface area contributed by atoms with Crippen LogP contribution in [-0.2, 0) is 4.57 Å². The molecule has 0 aromatic carbocycles. The molecule has 0 radical (unpaired) electrons. The van der Waals surface area contributed by atoms with Crippen molar-refractivity contribution in [3.8, 4) is 0 Å². The van der Waals surface area contributed by atoms with Crippen LogP contribution in [0.2, 0.25) is 0 Å². The minimum atomic E-state index is -4.64. The van der Waals surface area contributed by atoms with Gasteiger partial charge in [0.15, 0.2) is 0 Å². The molecule has 52 valence electrons. The number of phosphoric acid groups is 1. The first kappa shape index (κ1) is 22.8. The molecule has 8 heteroatoms. The van der Waals surface area contributed by atoms with E-state index in [0.29, 0.717) is 0 Å². The minimum Gasteiger partial charge on any atom is 1.00 e. The average molecular weight is 177 g/mol. The third-order valence-corrected chi connectivity index (χ3v) is 0. The van der Waals surface area contributed by atoms with Crippen molar-refractivity contribution in [2.24, 2.45) is 0 Å². The summed E-state index contributed by atoms with van der Waals surface area (Å²) >= 11 is 0. The van der Waals surface area contributed by atoms with E-state index in [4.69, 9.17) is 19.2 Å². The third-order valence-electron chi connectivity index (χ3n) is 0. The van der Waals surface area contributed by atoms with Crippen LogP contribution in [0.15, 0.2) is 0 Å². The molecular formula is H10CaO6P+. The van der Waals surface area contributed by atoms with Gasteiger partial charge in [0.1, 0.15) is 0 Å². The van der Waals surface area contributed by atoms with Crippen LogP contribution in [0.3, 0.4) is 0 Å². The van der Waals surface area contributed by atoms with E-state index in [9.17, 15) is 0 Å². The predicted molar refractivity (Wildman–Crippen MR) is 31.1 cm³/mol. The first-order valence-corrected chi connectivity index (χ1v) is 2.35. The zero-order valence-corrected chi connectivity index (χ0v) is 4.09.